The van der Waals surface area contributed by atoms with Gasteiger partial charge in [-0.3, -0.25) is 19.3 Å². The molecule has 8 heteroatoms. The van der Waals surface area contributed by atoms with Crippen LogP contribution in [0.15, 0.2) is 18.2 Å². The van der Waals surface area contributed by atoms with Crippen LogP contribution in [0.4, 0.5) is 5.69 Å². The van der Waals surface area contributed by atoms with Crippen molar-refractivity contribution in [3.05, 3.63) is 28.8 Å². The van der Waals surface area contributed by atoms with E-state index in [-0.39, 0.29) is 23.7 Å². The molecule has 2 fully saturated rings. The van der Waals surface area contributed by atoms with E-state index in [2.05, 4.69) is 5.32 Å². The third-order valence-corrected chi connectivity index (χ3v) is 5.81. The third-order valence-electron chi connectivity index (χ3n) is 5.40. The summed E-state index contributed by atoms with van der Waals surface area (Å²) >= 11 is 6.01. The lowest BCUT2D eigenvalue weighted by atomic mass is 9.81. The quantitative estimate of drug-likeness (QED) is 0.599. The first-order chi connectivity index (χ1) is 13.3. The molecule has 3 atom stereocenters. The van der Waals surface area contributed by atoms with Crippen LogP contribution in [0.5, 0.6) is 0 Å². The van der Waals surface area contributed by atoms with E-state index < -0.39 is 24.5 Å². The third kappa shape index (κ3) is 4.04. The van der Waals surface area contributed by atoms with Gasteiger partial charge in [0.15, 0.2) is 6.61 Å². The first kappa shape index (κ1) is 20.3. The van der Waals surface area contributed by atoms with Gasteiger partial charge in [-0.25, -0.2) is 4.79 Å². The van der Waals surface area contributed by atoms with Crippen LogP contribution < -0.4 is 5.32 Å². The number of amides is 3. The maximum absolute atomic E-state index is 12.5. The van der Waals surface area contributed by atoms with Crippen molar-refractivity contribution in [1.29, 1.82) is 0 Å². The van der Waals surface area contributed by atoms with Crippen LogP contribution in [-0.2, 0) is 23.9 Å². The highest BCUT2D eigenvalue weighted by Gasteiger charge is 2.51. The van der Waals surface area contributed by atoms with Crippen molar-refractivity contribution in [2.24, 2.45) is 11.8 Å². The first-order valence-electron chi connectivity index (χ1n) is 9.39. The van der Waals surface area contributed by atoms with Gasteiger partial charge in [-0.15, -0.1) is 0 Å². The summed E-state index contributed by atoms with van der Waals surface area (Å²) in [5.74, 6) is -2.58. The largest absolute Gasteiger partial charge is 0.454 e. The number of hydrogen-bond donors (Lipinski definition) is 1. The summed E-state index contributed by atoms with van der Waals surface area (Å²) in [5, 5.41) is 3.09. The number of likely N-dealkylation sites (tertiary alicyclic amines) is 1. The van der Waals surface area contributed by atoms with Crippen LogP contribution in [0.2, 0.25) is 5.02 Å². The Labute approximate surface area is 168 Å². The fraction of sp³-hybridized carbons (Fsp3) is 0.500. The maximum atomic E-state index is 12.5. The Morgan fingerprint density at radius 2 is 1.82 bits per heavy atom. The van der Waals surface area contributed by atoms with Gasteiger partial charge < -0.3 is 10.1 Å². The van der Waals surface area contributed by atoms with Gasteiger partial charge in [0.2, 0.25) is 11.8 Å². The van der Waals surface area contributed by atoms with E-state index in [4.69, 9.17) is 16.3 Å². The molecule has 0 bridgehead atoms. The number of benzene rings is 1. The summed E-state index contributed by atoms with van der Waals surface area (Å²) in [7, 11) is 0. The van der Waals surface area contributed by atoms with Crippen LogP contribution in [-0.4, -0.2) is 41.2 Å². The van der Waals surface area contributed by atoms with Crippen LogP contribution in [0.25, 0.3) is 0 Å². The van der Waals surface area contributed by atoms with Gasteiger partial charge in [0.25, 0.3) is 5.91 Å². The van der Waals surface area contributed by atoms with Crippen molar-refractivity contribution in [2.75, 3.05) is 11.9 Å². The van der Waals surface area contributed by atoms with E-state index in [1.54, 1.807) is 18.2 Å². The average molecular weight is 407 g/mol. The van der Waals surface area contributed by atoms with Crippen molar-refractivity contribution < 1.29 is 23.9 Å². The molecule has 0 radical (unpaired) electrons. The predicted octanol–water partition coefficient (Wildman–Crippen LogP) is 2.69. The number of nitrogens with zero attached hydrogens (tertiary/aromatic N) is 1. The zero-order valence-electron chi connectivity index (χ0n) is 15.9. The Morgan fingerprint density at radius 1 is 1.21 bits per heavy atom. The molecule has 1 aromatic carbocycles. The molecule has 3 rings (SSSR count). The van der Waals surface area contributed by atoms with E-state index in [0.717, 1.165) is 23.3 Å². The van der Waals surface area contributed by atoms with Crippen molar-refractivity contribution in [1.82, 2.24) is 4.90 Å². The summed E-state index contributed by atoms with van der Waals surface area (Å²) in [5.41, 5.74) is 1.36. The molecule has 0 aromatic heterocycles. The number of aryl methyl sites for hydroxylation is 1. The highest BCUT2D eigenvalue weighted by atomic mass is 35.5. The second-order valence-electron chi connectivity index (χ2n) is 7.34. The summed E-state index contributed by atoms with van der Waals surface area (Å²) in [6.45, 7) is 2.78. The standard InChI is InChI=1S/C20H23ClN2O5/c1-11-7-8-13(9-16(11)21)22-17(24)10-28-20(27)12(2)23-18(25)14-5-3-4-6-15(14)19(23)26/h7-9,12,14-15H,3-6,10H2,1-2H3,(H,22,24)/t12-,14+,15+/m0/s1. The fourth-order valence-electron chi connectivity index (χ4n) is 3.80. The van der Waals surface area contributed by atoms with Crippen LogP contribution in [0.3, 0.4) is 0 Å². The zero-order valence-corrected chi connectivity index (χ0v) is 16.6. The molecule has 3 amide bonds. The number of imide groups is 1. The van der Waals surface area contributed by atoms with Crippen LogP contribution >= 0.6 is 11.6 Å². The summed E-state index contributed by atoms with van der Waals surface area (Å²) in [4.78, 5) is 50.4. The monoisotopic (exact) mass is 406 g/mol. The minimum absolute atomic E-state index is 0.308. The van der Waals surface area contributed by atoms with Crippen LogP contribution in [0, 0.1) is 18.8 Å². The number of hydrogen-bond acceptors (Lipinski definition) is 5. The number of ether oxygens (including phenoxy) is 1. The van der Waals surface area contributed by atoms with Gasteiger partial charge in [-0.05, 0) is 44.4 Å². The van der Waals surface area contributed by atoms with E-state index in [0.29, 0.717) is 23.6 Å². The Bertz CT molecular complexity index is 801. The summed E-state index contributed by atoms with van der Waals surface area (Å²) < 4.78 is 5.02. The number of fused-ring (bicyclic) bond motifs is 1. The van der Waals surface area contributed by atoms with Crippen LogP contribution in [0.1, 0.15) is 38.2 Å². The van der Waals surface area contributed by atoms with Crippen molar-refractivity contribution >= 4 is 41.0 Å². The van der Waals surface area contributed by atoms with Gasteiger partial charge in [0.1, 0.15) is 6.04 Å². The molecule has 28 heavy (non-hydrogen) atoms. The highest BCUT2D eigenvalue weighted by molar-refractivity contribution is 6.31. The van der Waals surface area contributed by atoms with E-state index in [1.165, 1.54) is 6.92 Å². The molecule has 2 aliphatic rings. The zero-order chi connectivity index (χ0) is 20.4. The van der Waals surface area contributed by atoms with Crippen molar-refractivity contribution in [3.8, 4) is 0 Å². The molecular formula is C20H23ClN2O5. The number of halogens is 1. The molecule has 1 saturated heterocycles. The predicted molar refractivity (Wildman–Crippen MR) is 103 cm³/mol. The Balaban J connectivity index is 1.55. The number of carbonyl (C=O) groups is 4. The smallest absolute Gasteiger partial charge is 0.329 e. The Kier molecular flexibility index (Phi) is 6.03. The lowest BCUT2D eigenvalue weighted by molar-refractivity contribution is -0.159. The number of rotatable bonds is 5. The Hall–Kier alpha value is -2.41. The molecule has 7 nitrogen and oxygen atoms in total. The molecule has 1 saturated carbocycles. The molecule has 1 aliphatic heterocycles. The highest BCUT2D eigenvalue weighted by Crippen LogP contribution is 2.38. The van der Waals surface area contributed by atoms with Crippen molar-refractivity contribution in [2.45, 2.75) is 45.6 Å². The number of anilines is 1. The molecule has 1 N–H and O–H groups in total. The van der Waals surface area contributed by atoms with Gasteiger partial charge in [0, 0.05) is 10.7 Å². The normalized spacial score (nSPS) is 22.6. The molecule has 1 heterocycles. The molecular weight excluding hydrogens is 384 g/mol. The van der Waals surface area contributed by atoms with Gasteiger partial charge in [-0.2, -0.15) is 0 Å². The summed E-state index contributed by atoms with van der Waals surface area (Å²) in [6, 6.07) is 4.00. The molecule has 1 aliphatic carbocycles. The average Bonchev–Trinajstić information content (AvgIpc) is 2.93. The lowest BCUT2D eigenvalue weighted by Crippen LogP contribution is -2.45. The Morgan fingerprint density at radius 3 is 2.39 bits per heavy atom. The second kappa shape index (κ2) is 8.31. The fourth-order valence-corrected chi connectivity index (χ4v) is 3.98. The molecule has 0 unspecified atom stereocenters. The SMILES string of the molecule is Cc1ccc(NC(=O)COC(=O)[C@H](C)N2C(=O)[C@@H]3CCCC[C@H]3C2=O)cc1Cl. The minimum atomic E-state index is -1.05. The molecule has 150 valence electrons. The maximum Gasteiger partial charge on any atom is 0.329 e. The lowest BCUT2D eigenvalue weighted by Gasteiger charge is -2.21. The molecule has 1 aromatic rings. The molecule has 0 spiro atoms. The minimum Gasteiger partial charge on any atom is -0.454 e. The van der Waals surface area contributed by atoms with Gasteiger partial charge in [0.05, 0.1) is 11.8 Å². The van der Waals surface area contributed by atoms with Gasteiger partial charge >= 0.3 is 5.97 Å². The number of carbonyl (C=O) groups excluding carboxylic acids is 4. The van der Waals surface area contributed by atoms with Crippen molar-refractivity contribution in [3.63, 3.8) is 0 Å². The first-order valence-corrected chi connectivity index (χ1v) is 9.77. The van der Waals surface area contributed by atoms with E-state index >= 15 is 0 Å². The number of esters is 1. The second-order valence-corrected chi connectivity index (χ2v) is 7.75. The van der Waals surface area contributed by atoms with E-state index in [9.17, 15) is 19.2 Å². The van der Waals surface area contributed by atoms with E-state index in [1.807, 2.05) is 6.92 Å². The van der Waals surface area contributed by atoms with Gasteiger partial charge in [-0.1, -0.05) is 30.5 Å². The number of nitrogens with one attached hydrogen (secondary N) is 1. The summed E-state index contributed by atoms with van der Waals surface area (Å²) in [6.07, 6.45) is 3.18. The topological polar surface area (TPSA) is 92.8 Å².